The van der Waals surface area contributed by atoms with Gasteiger partial charge >= 0.3 is 0 Å². The topological polar surface area (TPSA) is 131 Å². The Labute approximate surface area is 165 Å². The van der Waals surface area contributed by atoms with Crippen molar-refractivity contribution in [1.82, 2.24) is 4.83 Å². The normalized spacial score (nSPS) is 14.8. The number of nitro benzene ring substituents is 1. The highest BCUT2D eigenvalue weighted by atomic mass is 127. The Morgan fingerprint density at radius 2 is 1.96 bits per heavy atom. The Morgan fingerprint density at radius 1 is 1.23 bits per heavy atom. The fourth-order valence-corrected chi connectivity index (χ4v) is 3.70. The number of hydrazone groups is 1. The van der Waals surface area contributed by atoms with Gasteiger partial charge in [0.2, 0.25) is 0 Å². The van der Waals surface area contributed by atoms with E-state index in [9.17, 15) is 23.3 Å². The van der Waals surface area contributed by atoms with E-state index in [4.69, 9.17) is 11.6 Å². The minimum absolute atomic E-state index is 0.106. The summed E-state index contributed by atoms with van der Waals surface area (Å²) in [6, 6.07) is 8.14. The summed E-state index contributed by atoms with van der Waals surface area (Å²) in [5.74, 6) is -0.563. The van der Waals surface area contributed by atoms with E-state index in [1.807, 2.05) is 27.4 Å². The van der Waals surface area contributed by atoms with E-state index < -0.39 is 31.4 Å². The molecule has 2 aromatic rings. The first kappa shape index (κ1) is 18.5. The maximum atomic E-state index is 12.3. The predicted molar refractivity (Wildman–Crippen MR) is 103 cm³/mol. The van der Waals surface area contributed by atoms with Crippen LogP contribution in [0.2, 0.25) is 5.02 Å². The number of benzene rings is 2. The van der Waals surface area contributed by atoms with Gasteiger partial charge in [0.15, 0.2) is 5.71 Å². The number of anilines is 1. The van der Waals surface area contributed by atoms with Gasteiger partial charge in [-0.2, -0.15) is 18.4 Å². The highest BCUT2D eigenvalue weighted by Gasteiger charge is 2.27. The van der Waals surface area contributed by atoms with Crippen LogP contribution in [0.25, 0.3) is 0 Å². The van der Waals surface area contributed by atoms with Gasteiger partial charge in [-0.1, -0.05) is 11.6 Å². The van der Waals surface area contributed by atoms with Crippen LogP contribution in [-0.2, 0) is 14.8 Å². The van der Waals surface area contributed by atoms with Gasteiger partial charge in [-0.05, 0) is 52.9 Å². The van der Waals surface area contributed by atoms with E-state index in [1.54, 1.807) is 18.2 Å². The first-order valence-corrected chi connectivity index (χ1v) is 9.78. The summed E-state index contributed by atoms with van der Waals surface area (Å²) in [6.45, 7) is 0. The Kier molecular flexibility index (Phi) is 4.86. The third kappa shape index (κ3) is 3.50. The lowest BCUT2D eigenvalue weighted by atomic mass is 10.1. The maximum absolute atomic E-state index is 12.3. The Morgan fingerprint density at radius 3 is 2.65 bits per heavy atom. The van der Waals surface area contributed by atoms with E-state index in [2.05, 4.69) is 10.4 Å². The minimum atomic E-state index is -4.24. The van der Waals surface area contributed by atoms with Gasteiger partial charge in [-0.3, -0.25) is 14.9 Å². The minimum Gasteiger partial charge on any atom is -0.320 e. The third-order valence-electron chi connectivity index (χ3n) is 3.40. The summed E-state index contributed by atoms with van der Waals surface area (Å²) in [6.07, 6.45) is 0. The van der Waals surface area contributed by atoms with Crippen molar-refractivity contribution in [1.29, 1.82) is 0 Å². The quantitative estimate of drug-likeness (QED) is 0.374. The first-order valence-electron chi connectivity index (χ1n) is 6.84. The molecule has 0 saturated heterocycles. The molecule has 1 aliphatic heterocycles. The second-order valence-corrected chi connectivity index (χ2v) is 8.38. The van der Waals surface area contributed by atoms with Crippen LogP contribution in [0.4, 0.5) is 11.4 Å². The number of halogens is 2. The van der Waals surface area contributed by atoms with Crippen LogP contribution >= 0.6 is 34.2 Å². The molecular weight excluding hydrogens is 499 g/mol. The molecule has 0 atom stereocenters. The number of amides is 1. The molecular formula is C14H8ClIN4O5S. The Balaban J connectivity index is 1.96. The van der Waals surface area contributed by atoms with Gasteiger partial charge in [-0.25, -0.2) is 0 Å². The lowest BCUT2D eigenvalue weighted by Gasteiger charge is -2.05. The molecule has 26 heavy (non-hydrogen) atoms. The lowest BCUT2D eigenvalue weighted by molar-refractivity contribution is -0.384. The number of nitrogens with one attached hydrogen (secondary N) is 2. The van der Waals surface area contributed by atoms with Crippen LogP contribution in [0.3, 0.4) is 0 Å². The molecule has 1 aliphatic rings. The zero-order valence-electron chi connectivity index (χ0n) is 12.6. The van der Waals surface area contributed by atoms with Crippen molar-refractivity contribution < 1.29 is 18.1 Å². The van der Waals surface area contributed by atoms with Gasteiger partial charge in [0, 0.05) is 15.2 Å². The second-order valence-electron chi connectivity index (χ2n) is 5.07. The van der Waals surface area contributed by atoms with Crippen LogP contribution in [0, 0.1) is 13.7 Å². The molecule has 2 aromatic carbocycles. The number of carbonyl (C=O) groups is 1. The molecule has 0 fully saturated rings. The van der Waals surface area contributed by atoms with E-state index in [0.29, 0.717) is 11.3 Å². The number of nitrogens with zero attached hydrogens (tertiary/aromatic N) is 2. The molecule has 3 rings (SSSR count). The van der Waals surface area contributed by atoms with E-state index in [1.165, 1.54) is 0 Å². The molecule has 1 amide bonds. The number of carbonyl (C=O) groups excluding carboxylic acids is 1. The van der Waals surface area contributed by atoms with Gasteiger partial charge in [0.05, 0.1) is 15.5 Å². The molecule has 0 spiro atoms. The zero-order chi connectivity index (χ0) is 19.1. The fraction of sp³-hybridized carbons (Fsp3) is 0. The number of hydrogen-bond acceptors (Lipinski definition) is 6. The van der Waals surface area contributed by atoms with E-state index >= 15 is 0 Å². The molecule has 0 bridgehead atoms. The van der Waals surface area contributed by atoms with Gasteiger partial charge < -0.3 is 5.32 Å². The molecule has 12 heteroatoms. The summed E-state index contributed by atoms with van der Waals surface area (Å²) < 4.78 is 25.5. The molecule has 1 heterocycles. The molecule has 0 radical (unpaired) electrons. The molecule has 9 nitrogen and oxygen atoms in total. The van der Waals surface area contributed by atoms with Crippen LogP contribution in [-0.4, -0.2) is 25.0 Å². The summed E-state index contributed by atoms with van der Waals surface area (Å²) in [7, 11) is -4.24. The smallest absolute Gasteiger partial charge is 0.289 e. The summed E-state index contributed by atoms with van der Waals surface area (Å²) in [5, 5.41) is 17.0. The predicted octanol–water partition coefficient (Wildman–Crippen LogP) is 2.49. The molecule has 0 unspecified atom stereocenters. The van der Waals surface area contributed by atoms with Crippen molar-refractivity contribution in [3.8, 4) is 0 Å². The maximum Gasteiger partial charge on any atom is 0.289 e. The van der Waals surface area contributed by atoms with E-state index in [-0.39, 0.29) is 10.7 Å². The molecule has 134 valence electrons. The lowest BCUT2D eigenvalue weighted by Crippen LogP contribution is -2.23. The van der Waals surface area contributed by atoms with Crippen LogP contribution in [0.15, 0.2) is 46.4 Å². The van der Waals surface area contributed by atoms with Gasteiger partial charge in [-0.15, -0.1) is 0 Å². The van der Waals surface area contributed by atoms with E-state index in [0.717, 1.165) is 21.8 Å². The summed E-state index contributed by atoms with van der Waals surface area (Å²) in [4.78, 5) is 23.6. The number of rotatable bonds is 4. The second kappa shape index (κ2) is 6.81. The third-order valence-corrected chi connectivity index (χ3v) is 5.60. The van der Waals surface area contributed by atoms with Crippen molar-refractivity contribution in [2.24, 2.45) is 5.10 Å². The Hall–Kier alpha value is -2.25. The number of fused-ring (bicyclic) bond motifs is 1. The highest BCUT2D eigenvalue weighted by Crippen LogP contribution is 2.28. The summed E-state index contributed by atoms with van der Waals surface area (Å²) in [5.41, 5.74) is 0.299. The highest BCUT2D eigenvalue weighted by molar-refractivity contribution is 14.1. The van der Waals surface area contributed by atoms with Gasteiger partial charge in [0.1, 0.15) is 5.02 Å². The monoisotopic (exact) mass is 506 g/mol. The van der Waals surface area contributed by atoms with Crippen molar-refractivity contribution in [2.75, 3.05) is 5.32 Å². The average molecular weight is 507 g/mol. The van der Waals surface area contributed by atoms with Crippen molar-refractivity contribution in [2.45, 2.75) is 4.90 Å². The SMILES string of the molecule is O=C1Nc2ccc(I)cc2/C1=N\NS(=O)(=O)c1ccc(Cl)c([N+](=O)[O-])c1. The van der Waals surface area contributed by atoms with Crippen molar-refractivity contribution in [3.05, 3.63) is 60.7 Å². The standard InChI is InChI=1S/C14H8ClIN4O5S/c15-10-3-2-8(6-12(10)20(22)23)26(24,25)19-18-13-9-5-7(16)1-4-11(9)17-14(13)21/h1-6,19H,(H,17,18,21). The summed E-state index contributed by atoms with van der Waals surface area (Å²) >= 11 is 7.72. The van der Waals surface area contributed by atoms with Crippen LogP contribution < -0.4 is 10.1 Å². The number of sulfonamides is 1. The van der Waals surface area contributed by atoms with Crippen molar-refractivity contribution in [3.63, 3.8) is 0 Å². The van der Waals surface area contributed by atoms with Crippen LogP contribution in [0.1, 0.15) is 5.56 Å². The number of hydrogen-bond donors (Lipinski definition) is 2. The fourth-order valence-electron chi connectivity index (χ4n) is 2.19. The number of nitro groups is 1. The molecule has 0 saturated carbocycles. The molecule has 2 N–H and O–H groups in total. The average Bonchev–Trinajstić information content (AvgIpc) is 2.87. The molecule has 0 aliphatic carbocycles. The van der Waals surface area contributed by atoms with Crippen LogP contribution in [0.5, 0.6) is 0 Å². The van der Waals surface area contributed by atoms with Crippen molar-refractivity contribution >= 4 is 67.2 Å². The van der Waals surface area contributed by atoms with Gasteiger partial charge in [0.25, 0.3) is 21.6 Å². The first-order chi connectivity index (χ1) is 12.2. The zero-order valence-corrected chi connectivity index (χ0v) is 16.3. The Bertz CT molecular complexity index is 1090. The molecule has 0 aromatic heterocycles. The largest absolute Gasteiger partial charge is 0.320 e.